The minimum atomic E-state index is 0.635. The van der Waals surface area contributed by atoms with Gasteiger partial charge in [-0.05, 0) is 18.9 Å². The summed E-state index contributed by atoms with van der Waals surface area (Å²) in [4.78, 5) is 0. The highest BCUT2D eigenvalue weighted by atomic mass is 16.5. The Bertz CT molecular complexity index is 146. The van der Waals surface area contributed by atoms with Crippen LogP contribution in [0.3, 0.4) is 0 Å². The maximum atomic E-state index is 10.0. The van der Waals surface area contributed by atoms with Crippen LogP contribution in [-0.4, -0.2) is 6.54 Å². The summed E-state index contributed by atoms with van der Waals surface area (Å²) in [5.41, 5.74) is 1.96. The van der Waals surface area contributed by atoms with E-state index in [1.165, 1.54) is 70.6 Å². The quantitative estimate of drug-likeness (QED) is 0.333. The van der Waals surface area contributed by atoms with Crippen LogP contribution in [0.5, 0.6) is 0 Å². The van der Waals surface area contributed by atoms with Gasteiger partial charge < -0.3 is 10.7 Å². The average molecular weight is 256 g/mol. The van der Waals surface area contributed by atoms with Gasteiger partial charge in [0.25, 0.3) is 0 Å². The summed E-state index contributed by atoms with van der Waals surface area (Å²) in [6.45, 7) is 5.27. The van der Waals surface area contributed by atoms with Crippen molar-refractivity contribution < 1.29 is 0 Å². The van der Waals surface area contributed by atoms with E-state index in [0.717, 1.165) is 12.3 Å². The average Bonchev–Trinajstić information content (AvgIpc) is 2.40. The largest absolute Gasteiger partial charge is 0.788 e. The number of hydrogen-bond acceptors (Lipinski definition) is 2. The molecule has 0 aromatic heterocycles. The van der Waals surface area contributed by atoms with Crippen LogP contribution in [-0.2, 0) is 0 Å². The van der Waals surface area contributed by atoms with Crippen molar-refractivity contribution in [1.82, 2.24) is 5.48 Å². The Kier molecular flexibility index (Phi) is 14.9. The van der Waals surface area contributed by atoms with Crippen molar-refractivity contribution in [2.75, 3.05) is 6.54 Å². The van der Waals surface area contributed by atoms with Gasteiger partial charge in [0.15, 0.2) is 0 Å². The molecule has 0 aliphatic rings. The summed E-state index contributed by atoms with van der Waals surface area (Å²) in [7, 11) is 0. The SMILES string of the molecule is CCC(CC)CCCCCCCCCCCN[O-]. The second-order valence-electron chi connectivity index (χ2n) is 5.55. The van der Waals surface area contributed by atoms with Gasteiger partial charge in [-0.15, -0.1) is 0 Å². The smallest absolute Gasteiger partial charge is 0.0170 e. The van der Waals surface area contributed by atoms with Crippen LogP contribution in [0.4, 0.5) is 0 Å². The summed E-state index contributed by atoms with van der Waals surface area (Å²) < 4.78 is 0. The minimum Gasteiger partial charge on any atom is -0.788 e. The molecule has 18 heavy (non-hydrogen) atoms. The zero-order valence-electron chi connectivity index (χ0n) is 12.7. The fourth-order valence-electron chi connectivity index (χ4n) is 2.56. The summed E-state index contributed by atoms with van der Waals surface area (Å²) in [6.07, 6.45) is 16.1. The lowest BCUT2D eigenvalue weighted by atomic mass is 9.95. The van der Waals surface area contributed by atoms with Crippen molar-refractivity contribution in [3.8, 4) is 0 Å². The maximum absolute atomic E-state index is 10.0. The fraction of sp³-hybridized carbons (Fsp3) is 1.00. The van der Waals surface area contributed by atoms with Gasteiger partial charge in [0.2, 0.25) is 0 Å². The first-order valence-corrected chi connectivity index (χ1v) is 8.20. The van der Waals surface area contributed by atoms with Crippen LogP contribution in [0.15, 0.2) is 0 Å². The predicted molar refractivity (Wildman–Crippen MR) is 81.6 cm³/mol. The molecule has 1 N–H and O–H groups in total. The molecule has 0 aromatic carbocycles. The lowest BCUT2D eigenvalue weighted by molar-refractivity contribution is 0.426. The third kappa shape index (κ3) is 12.4. The summed E-state index contributed by atoms with van der Waals surface area (Å²) in [5, 5.41) is 10.0. The van der Waals surface area contributed by atoms with Crippen molar-refractivity contribution in [2.24, 2.45) is 5.92 Å². The van der Waals surface area contributed by atoms with Crippen LogP contribution in [0.1, 0.15) is 90.9 Å². The van der Waals surface area contributed by atoms with E-state index < -0.39 is 0 Å². The van der Waals surface area contributed by atoms with Crippen molar-refractivity contribution >= 4 is 0 Å². The maximum Gasteiger partial charge on any atom is -0.0170 e. The molecular weight excluding hydrogens is 222 g/mol. The Hall–Kier alpha value is -0.0800. The molecule has 0 heterocycles. The highest BCUT2D eigenvalue weighted by Crippen LogP contribution is 2.17. The zero-order valence-corrected chi connectivity index (χ0v) is 12.7. The molecule has 2 heteroatoms. The second-order valence-corrected chi connectivity index (χ2v) is 5.55. The van der Waals surface area contributed by atoms with Gasteiger partial charge in [-0.2, -0.15) is 0 Å². The third-order valence-electron chi connectivity index (χ3n) is 4.05. The normalized spacial score (nSPS) is 11.3. The van der Waals surface area contributed by atoms with Gasteiger partial charge in [-0.1, -0.05) is 84.5 Å². The Labute approximate surface area is 115 Å². The van der Waals surface area contributed by atoms with Gasteiger partial charge in [-0.25, -0.2) is 0 Å². The van der Waals surface area contributed by atoms with E-state index in [0.29, 0.717) is 6.54 Å². The molecule has 0 aromatic rings. The Morgan fingerprint density at radius 2 is 1.17 bits per heavy atom. The Balaban J connectivity index is 3.03. The van der Waals surface area contributed by atoms with E-state index >= 15 is 0 Å². The molecule has 0 spiro atoms. The van der Waals surface area contributed by atoms with Crippen molar-refractivity contribution in [3.63, 3.8) is 0 Å². The van der Waals surface area contributed by atoms with Crippen molar-refractivity contribution in [3.05, 3.63) is 5.21 Å². The summed E-state index contributed by atoms with van der Waals surface area (Å²) >= 11 is 0. The van der Waals surface area contributed by atoms with Gasteiger partial charge >= 0.3 is 0 Å². The van der Waals surface area contributed by atoms with E-state index in [4.69, 9.17) is 0 Å². The van der Waals surface area contributed by atoms with E-state index in [9.17, 15) is 5.21 Å². The molecule has 0 unspecified atom stereocenters. The van der Waals surface area contributed by atoms with Gasteiger partial charge in [0.1, 0.15) is 0 Å². The molecule has 0 rings (SSSR count). The molecule has 0 aliphatic heterocycles. The number of rotatable bonds is 14. The van der Waals surface area contributed by atoms with Crippen LogP contribution in [0.2, 0.25) is 0 Å². The lowest BCUT2D eigenvalue weighted by Crippen LogP contribution is -2.04. The van der Waals surface area contributed by atoms with Gasteiger partial charge in [0.05, 0.1) is 0 Å². The molecule has 0 atom stereocenters. The van der Waals surface area contributed by atoms with E-state index in [2.05, 4.69) is 13.8 Å². The summed E-state index contributed by atoms with van der Waals surface area (Å²) in [6, 6.07) is 0. The molecule has 0 amide bonds. The predicted octanol–water partition coefficient (Wildman–Crippen LogP) is 5.41. The first-order chi connectivity index (χ1) is 8.85. The molecule has 0 aliphatic carbocycles. The first-order valence-electron chi connectivity index (χ1n) is 8.20. The highest BCUT2D eigenvalue weighted by molar-refractivity contribution is 4.55. The zero-order chi connectivity index (χ0) is 13.5. The van der Waals surface area contributed by atoms with E-state index in [1.54, 1.807) is 0 Å². The number of nitrogens with one attached hydrogen (secondary N) is 1. The standard InChI is InChI=1S/C16H34NO/c1-3-16(4-2)14-12-10-8-6-5-7-9-11-13-15-17-18/h16-17H,3-15H2,1-2H3/q-1. The molecule has 2 nitrogen and oxygen atoms in total. The molecule has 0 saturated carbocycles. The monoisotopic (exact) mass is 256 g/mol. The number of hydroxylamine groups is 1. The van der Waals surface area contributed by atoms with E-state index in [1.807, 2.05) is 5.48 Å². The van der Waals surface area contributed by atoms with Crippen LogP contribution in [0.25, 0.3) is 0 Å². The second kappa shape index (κ2) is 15.0. The molecule has 0 saturated heterocycles. The molecule has 110 valence electrons. The fourth-order valence-corrected chi connectivity index (χ4v) is 2.56. The topological polar surface area (TPSA) is 35.1 Å². The summed E-state index contributed by atoms with van der Waals surface area (Å²) in [5.74, 6) is 0.972. The van der Waals surface area contributed by atoms with Gasteiger partial charge in [-0.3, -0.25) is 0 Å². The third-order valence-corrected chi connectivity index (χ3v) is 4.05. The van der Waals surface area contributed by atoms with Crippen molar-refractivity contribution in [1.29, 1.82) is 0 Å². The van der Waals surface area contributed by atoms with Crippen LogP contribution >= 0.6 is 0 Å². The molecule has 0 fully saturated rings. The number of hydrogen-bond donors (Lipinski definition) is 1. The minimum absolute atomic E-state index is 0.635. The van der Waals surface area contributed by atoms with Crippen molar-refractivity contribution in [2.45, 2.75) is 90.9 Å². The van der Waals surface area contributed by atoms with Crippen LogP contribution in [0, 0.1) is 11.1 Å². The van der Waals surface area contributed by atoms with Gasteiger partial charge in [0, 0.05) is 0 Å². The first kappa shape index (κ1) is 17.9. The Morgan fingerprint density at radius 1 is 0.722 bits per heavy atom. The lowest BCUT2D eigenvalue weighted by Gasteiger charge is -2.11. The Morgan fingerprint density at radius 3 is 1.61 bits per heavy atom. The molecule has 0 radical (unpaired) electrons. The van der Waals surface area contributed by atoms with E-state index in [-0.39, 0.29) is 0 Å². The molecular formula is C16H34NO-. The molecule has 0 bridgehead atoms. The highest BCUT2D eigenvalue weighted by Gasteiger charge is 2.02. The van der Waals surface area contributed by atoms with Crippen LogP contribution < -0.4 is 5.48 Å². The number of unbranched alkanes of at least 4 members (excludes halogenated alkanes) is 8.